The van der Waals surface area contributed by atoms with Gasteiger partial charge in [-0.1, -0.05) is 13.3 Å². The van der Waals surface area contributed by atoms with Crippen molar-refractivity contribution < 1.29 is 0 Å². The molecule has 3 unspecified atom stereocenters. The minimum atomic E-state index is 0.174. The Kier molecular flexibility index (Phi) is 2.59. The van der Waals surface area contributed by atoms with E-state index in [4.69, 9.17) is 5.73 Å². The van der Waals surface area contributed by atoms with Gasteiger partial charge in [0.2, 0.25) is 0 Å². The van der Waals surface area contributed by atoms with Crippen LogP contribution in [0, 0.1) is 11.8 Å². The minimum absolute atomic E-state index is 0.174. The van der Waals surface area contributed by atoms with Gasteiger partial charge in [-0.2, -0.15) is 5.10 Å². The van der Waals surface area contributed by atoms with Crippen LogP contribution in [0.25, 0.3) is 0 Å². The van der Waals surface area contributed by atoms with Crippen molar-refractivity contribution in [1.82, 2.24) is 9.78 Å². The topological polar surface area (TPSA) is 43.8 Å². The first kappa shape index (κ1) is 9.71. The highest BCUT2D eigenvalue weighted by Crippen LogP contribution is 2.37. The van der Waals surface area contributed by atoms with Crippen molar-refractivity contribution in [2.45, 2.75) is 32.2 Å². The van der Waals surface area contributed by atoms with Crippen LogP contribution in [0.2, 0.25) is 0 Å². The largest absolute Gasteiger partial charge is 0.322 e. The summed E-state index contributed by atoms with van der Waals surface area (Å²) in [5, 5.41) is 4.16. The molecule has 1 aromatic heterocycles. The molecule has 0 bridgehead atoms. The van der Waals surface area contributed by atoms with Crippen LogP contribution in [0.3, 0.4) is 0 Å². The van der Waals surface area contributed by atoms with Crippen molar-refractivity contribution in [3.05, 3.63) is 18.0 Å². The molecule has 0 spiro atoms. The van der Waals surface area contributed by atoms with Gasteiger partial charge in [0, 0.05) is 19.3 Å². The van der Waals surface area contributed by atoms with Gasteiger partial charge in [-0.05, 0) is 30.7 Å². The molecule has 0 radical (unpaired) electrons. The van der Waals surface area contributed by atoms with Gasteiger partial charge in [0.05, 0.1) is 5.69 Å². The van der Waals surface area contributed by atoms with Crippen LogP contribution >= 0.6 is 0 Å². The number of rotatable bonds is 2. The molecule has 2 N–H and O–H groups in total. The first-order chi connectivity index (χ1) is 6.68. The predicted molar refractivity (Wildman–Crippen MR) is 56.6 cm³/mol. The first-order valence-electron chi connectivity index (χ1n) is 5.42. The van der Waals surface area contributed by atoms with Gasteiger partial charge < -0.3 is 5.73 Å². The molecule has 0 aliphatic heterocycles. The fraction of sp³-hybridized carbons (Fsp3) is 0.727. The van der Waals surface area contributed by atoms with E-state index in [1.165, 1.54) is 25.0 Å². The molecule has 1 aliphatic rings. The van der Waals surface area contributed by atoms with Gasteiger partial charge in [0.15, 0.2) is 0 Å². The summed E-state index contributed by atoms with van der Waals surface area (Å²) in [5.41, 5.74) is 7.42. The van der Waals surface area contributed by atoms with E-state index in [-0.39, 0.29) is 6.04 Å². The maximum absolute atomic E-state index is 6.25. The number of hydrogen-bond acceptors (Lipinski definition) is 2. The van der Waals surface area contributed by atoms with Gasteiger partial charge in [-0.25, -0.2) is 0 Å². The zero-order chi connectivity index (χ0) is 10.1. The van der Waals surface area contributed by atoms with Crippen molar-refractivity contribution in [2.24, 2.45) is 24.6 Å². The summed E-state index contributed by atoms with van der Waals surface area (Å²) in [4.78, 5) is 0. The van der Waals surface area contributed by atoms with E-state index in [9.17, 15) is 0 Å². The summed E-state index contributed by atoms with van der Waals surface area (Å²) in [7, 11) is 1.97. The molecular weight excluding hydrogens is 174 g/mol. The van der Waals surface area contributed by atoms with Crippen molar-refractivity contribution >= 4 is 0 Å². The van der Waals surface area contributed by atoms with Crippen LogP contribution in [0.1, 0.15) is 37.9 Å². The molecule has 3 atom stereocenters. The second-order valence-corrected chi connectivity index (χ2v) is 4.58. The molecule has 1 aliphatic carbocycles. The van der Waals surface area contributed by atoms with Crippen molar-refractivity contribution in [3.63, 3.8) is 0 Å². The second kappa shape index (κ2) is 3.73. The van der Waals surface area contributed by atoms with E-state index in [0.29, 0.717) is 5.92 Å². The Hall–Kier alpha value is -0.830. The molecule has 1 saturated carbocycles. The van der Waals surface area contributed by atoms with Crippen LogP contribution in [-0.2, 0) is 7.05 Å². The minimum Gasteiger partial charge on any atom is -0.322 e. The zero-order valence-corrected chi connectivity index (χ0v) is 8.98. The molecule has 3 nitrogen and oxygen atoms in total. The van der Waals surface area contributed by atoms with Crippen molar-refractivity contribution in [3.8, 4) is 0 Å². The van der Waals surface area contributed by atoms with Gasteiger partial charge in [0.1, 0.15) is 0 Å². The highest BCUT2D eigenvalue weighted by Gasteiger charge is 2.28. The first-order valence-corrected chi connectivity index (χ1v) is 5.42. The highest BCUT2D eigenvalue weighted by molar-refractivity contribution is 5.08. The number of aromatic nitrogens is 2. The number of nitrogens with two attached hydrogens (primary N) is 1. The lowest BCUT2D eigenvalue weighted by atomic mass is 9.95. The Labute approximate surface area is 85.3 Å². The summed E-state index contributed by atoms with van der Waals surface area (Å²) >= 11 is 0. The maximum atomic E-state index is 6.25. The Balaban J connectivity index is 2.09. The Morgan fingerprint density at radius 3 is 2.86 bits per heavy atom. The molecule has 1 heterocycles. The van der Waals surface area contributed by atoms with Crippen LogP contribution in [0.5, 0.6) is 0 Å². The SMILES string of the molecule is CC1CCC(C(N)c2ccnn2C)C1. The lowest BCUT2D eigenvalue weighted by molar-refractivity contribution is 0.409. The van der Waals surface area contributed by atoms with Crippen LogP contribution in [0.4, 0.5) is 0 Å². The normalized spacial score (nSPS) is 29.4. The summed E-state index contributed by atoms with van der Waals surface area (Å²) < 4.78 is 1.90. The number of aryl methyl sites for hydroxylation is 1. The number of nitrogens with zero attached hydrogens (tertiary/aromatic N) is 2. The zero-order valence-electron chi connectivity index (χ0n) is 8.98. The third kappa shape index (κ3) is 1.69. The summed E-state index contributed by atoms with van der Waals surface area (Å²) in [6, 6.07) is 2.21. The number of hydrogen-bond donors (Lipinski definition) is 1. The molecule has 1 fully saturated rings. The molecule has 0 amide bonds. The van der Waals surface area contributed by atoms with E-state index in [2.05, 4.69) is 12.0 Å². The lowest BCUT2D eigenvalue weighted by Gasteiger charge is -2.19. The monoisotopic (exact) mass is 193 g/mol. The molecule has 14 heavy (non-hydrogen) atoms. The molecule has 0 aromatic carbocycles. The fourth-order valence-corrected chi connectivity index (χ4v) is 2.53. The Morgan fingerprint density at radius 2 is 2.36 bits per heavy atom. The van der Waals surface area contributed by atoms with E-state index in [0.717, 1.165) is 5.92 Å². The molecule has 2 rings (SSSR count). The third-order valence-electron chi connectivity index (χ3n) is 3.44. The molecule has 78 valence electrons. The van der Waals surface area contributed by atoms with Crippen LogP contribution in [-0.4, -0.2) is 9.78 Å². The molecule has 3 heteroatoms. The highest BCUT2D eigenvalue weighted by atomic mass is 15.3. The van der Waals surface area contributed by atoms with Crippen LogP contribution < -0.4 is 5.73 Å². The third-order valence-corrected chi connectivity index (χ3v) is 3.44. The van der Waals surface area contributed by atoms with E-state index >= 15 is 0 Å². The smallest absolute Gasteiger partial charge is 0.0550 e. The van der Waals surface area contributed by atoms with Crippen molar-refractivity contribution in [1.29, 1.82) is 0 Å². The van der Waals surface area contributed by atoms with Gasteiger partial charge in [-0.3, -0.25) is 4.68 Å². The average Bonchev–Trinajstić information content (AvgIpc) is 2.73. The standard InChI is InChI=1S/C11H19N3/c1-8-3-4-9(7-8)11(12)10-5-6-13-14(10)2/h5-6,8-9,11H,3-4,7,12H2,1-2H3. The molecular formula is C11H19N3. The Morgan fingerprint density at radius 1 is 1.57 bits per heavy atom. The quantitative estimate of drug-likeness (QED) is 0.779. The van der Waals surface area contributed by atoms with Gasteiger partial charge in [-0.15, -0.1) is 0 Å². The van der Waals surface area contributed by atoms with Gasteiger partial charge >= 0.3 is 0 Å². The maximum Gasteiger partial charge on any atom is 0.0550 e. The van der Waals surface area contributed by atoms with E-state index < -0.39 is 0 Å². The van der Waals surface area contributed by atoms with Crippen molar-refractivity contribution in [2.75, 3.05) is 0 Å². The summed E-state index contributed by atoms with van der Waals surface area (Å²) in [5.74, 6) is 1.50. The lowest BCUT2D eigenvalue weighted by Crippen LogP contribution is -2.22. The average molecular weight is 193 g/mol. The van der Waals surface area contributed by atoms with E-state index in [1.807, 2.05) is 24.0 Å². The summed E-state index contributed by atoms with van der Waals surface area (Å²) in [6.07, 6.45) is 5.70. The van der Waals surface area contributed by atoms with E-state index in [1.54, 1.807) is 0 Å². The summed E-state index contributed by atoms with van der Waals surface area (Å²) in [6.45, 7) is 2.32. The predicted octanol–water partition coefficient (Wildman–Crippen LogP) is 1.86. The Bertz CT molecular complexity index is 305. The molecule has 1 aromatic rings. The van der Waals surface area contributed by atoms with Gasteiger partial charge in [0.25, 0.3) is 0 Å². The fourth-order valence-electron chi connectivity index (χ4n) is 2.53. The molecule has 0 saturated heterocycles. The second-order valence-electron chi connectivity index (χ2n) is 4.58. The van der Waals surface area contributed by atoms with Crippen LogP contribution in [0.15, 0.2) is 12.3 Å².